The number of fused-ring (bicyclic) bond motifs is 9. The molecular formula is C51H34N3S+. The van der Waals surface area contributed by atoms with Gasteiger partial charge in [0.15, 0.2) is 0 Å². The lowest BCUT2D eigenvalue weighted by Gasteiger charge is -2.34. The first-order valence-corrected chi connectivity index (χ1v) is 19.8. The van der Waals surface area contributed by atoms with Crippen LogP contribution in [0.1, 0.15) is 39.5 Å². The fourth-order valence-corrected chi connectivity index (χ4v) is 10.9. The lowest BCUT2D eigenvalue weighted by molar-refractivity contribution is -0.652. The second-order valence-electron chi connectivity index (χ2n) is 14.7. The Bertz CT molecular complexity index is 3130. The summed E-state index contributed by atoms with van der Waals surface area (Å²) >= 11 is 1.88. The Hall–Kier alpha value is -6.75. The zero-order valence-electron chi connectivity index (χ0n) is 29.9. The molecule has 0 spiro atoms. The van der Waals surface area contributed by atoms with Gasteiger partial charge in [0.2, 0.25) is 0 Å². The average molecular weight is 721 g/mol. The van der Waals surface area contributed by atoms with Crippen molar-refractivity contribution in [3.8, 4) is 11.1 Å². The summed E-state index contributed by atoms with van der Waals surface area (Å²) in [7, 11) is 0. The highest BCUT2D eigenvalue weighted by atomic mass is 32.1. The van der Waals surface area contributed by atoms with Crippen LogP contribution in [0.4, 0.5) is 0 Å². The Morgan fingerprint density at radius 2 is 1.09 bits per heavy atom. The lowest BCUT2D eigenvalue weighted by atomic mass is 9.67. The highest BCUT2D eigenvalue weighted by Crippen LogP contribution is 2.57. The van der Waals surface area contributed by atoms with Crippen molar-refractivity contribution in [1.29, 1.82) is 0 Å². The molecule has 1 aliphatic carbocycles. The van der Waals surface area contributed by atoms with Gasteiger partial charge in [-0.05, 0) is 63.7 Å². The Morgan fingerprint density at radius 1 is 0.473 bits per heavy atom. The number of thiophene rings is 1. The average Bonchev–Trinajstić information content (AvgIpc) is 3.88. The molecule has 1 aliphatic heterocycles. The summed E-state index contributed by atoms with van der Waals surface area (Å²) in [5.41, 5.74) is 12.1. The van der Waals surface area contributed by atoms with E-state index in [0.717, 1.165) is 5.84 Å². The number of amidine groups is 1. The van der Waals surface area contributed by atoms with Crippen molar-refractivity contribution in [2.75, 3.05) is 0 Å². The van der Waals surface area contributed by atoms with Gasteiger partial charge in [-0.25, -0.2) is 5.32 Å². The van der Waals surface area contributed by atoms with E-state index in [-0.39, 0.29) is 6.17 Å². The van der Waals surface area contributed by atoms with E-state index in [1.165, 1.54) is 86.5 Å². The van der Waals surface area contributed by atoms with Crippen molar-refractivity contribution in [2.24, 2.45) is 0 Å². The third-order valence-electron chi connectivity index (χ3n) is 12.0. The molecule has 258 valence electrons. The molecule has 1 atom stereocenters. The van der Waals surface area contributed by atoms with Gasteiger partial charge >= 0.3 is 5.84 Å². The molecule has 2 aliphatic rings. The summed E-state index contributed by atoms with van der Waals surface area (Å²) in [4.78, 5) is 0. The van der Waals surface area contributed by atoms with Crippen LogP contribution in [0.5, 0.6) is 0 Å². The molecule has 0 saturated carbocycles. The van der Waals surface area contributed by atoms with E-state index in [0.29, 0.717) is 0 Å². The Labute approximate surface area is 322 Å². The van der Waals surface area contributed by atoms with Crippen molar-refractivity contribution >= 4 is 59.2 Å². The van der Waals surface area contributed by atoms with E-state index in [1.807, 2.05) is 11.3 Å². The monoisotopic (exact) mass is 720 g/mol. The molecule has 0 bridgehead atoms. The molecule has 8 aromatic carbocycles. The summed E-state index contributed by atoms with van der Waals surface area (Å²) in [6.45, 7) is 0. The molecular weight excluding hydrogens is 687 g/mol. The lowest BCUT2D eigenvalue weighted by Crippen LogP contribution is -2.55. The van der Waals surface area contributed by atoms with Gasteiger partial charge in [-0.15, -0.1) is 16.0 Å². The molecule has 55 heavy (non-hydrogen) atoms. The van der Waals surface area contributed by atoms with Crippen LogP contribution in [0.3, 0.4) is 0 Å². The fourth-order valence-electron chi connectivity index (χ4n) is 9.65. The molecule has 10 aromatic rings. The Morgan fingerprint density at radius 3 is 1.87 bits per heavy atom. The van der Waals surface area contributed by atoms with Gasteiger partial charge in [0.1, 0.15) is 0 Å². The first-order chi connectivity index (χ1) is 27.3. The number of aromatic nitrogens is 1. The van der Waals surface area contributed by atoms with E-state index in [9.17, 15) is 0 Å². The van der Waals surface area contributed by atoms with Crippen LogP contribution in [-0.4, -0.2) is 15.2 Å². The van der Waals surface area contributed by atoms with Crippen LogP contribution in [0, 0.1) is 0 Å². The van der Waals surface area contributed by atoms with Crippen molar-refractivity contribution in [2.45, 2.75) is 11.6 Å². The fraction of sp³-hybridized carbons (Fsp3) is 0.0392. The van der Waals surface area contributed by atoms with Gasteiger partial charge in [0.25, 0.3) is 6.17 Å². The molecule has 4 heteroatoms. The van der Waals surface area contributed by atoms with E-state index >= 15 is 0 Å². The molecule has 2 aromatic heterocycles. The number of hydrogen-bond donors (Lipinski definition) is 1. The molecule has 0 amide bonds. The summed E-state index contributed by atoms with van der Waals surface area (Å²) < 4.78 is 7.61. The molecule has 0 saturated heterocycles. The zero-order chi connectivity index (χ0) is 36.1. The minimum absolute atomic E-state index is 0.0619. The highest BCUT2D eigenvalue weighted by Gasteiger charge is 2.48. The van der Waals surface area contributed by atoms with Crippen molar-refractivity contribution in [1.82, 2.24) is 9.99 Å². The SMILES string of the molecule is c1ccc(C2NC(c3cccc4c3sc3ccccc34)=[N+]2n2c3ccccc3c3cc4c(cc32)-c2ccccc2C4(c2ccccc2)c2ccccc2)cc1. The first kappa shape index (κ1) is 30.7. The number of hydrogen-bond acceptors (Lipinski definition) is 2. The zero-order valence-corrected chi connectivity index (χ0v) is 30.7. The van der Waals surface area contributed by atoms with E-state index in [1.54, 1.807) is 0 Å². The summed E-state index contributed by atoms with van der Waals surface area (Å²) in [5.74, 6) is 1.11. The van der Waals surface area contributed by atoms with Gasteiger partial charge in [-0.3, -0.25) is 0 Å². The van der Waals surface area contributed by atoms with E-state index in [2.05, 4.69) is 209 Å². The summed E-state index contributed by atoms with van der Waals surface area (Å²) in [5, 5.41) is 9.06. The number of benzene rings is 8. The predicted octanol–water partition coefficient (Wildman–Crippen LogP) is 12.0. The molecule has 0 fully saturated rings. The summed E-state index contributed by atoms with van der Waals surface area (Å²) in [6, 6.07) is 71.6. The molecule has 1 unspecified atom stereocenters. The van der Waals surface area contributed by atoms with Gasteiger partial charge in [0, 0.05) is 31.8 Å². The smallest absolute Gasteiger partial charge is 0.226 e. The molecule has 1 N–H and O–H groups in total. The third kappa shape index (κ3) is 4.17. The molecule has 12 rings (SSSR count). The maximum Gasteiger partial charge on any atom is 0.310 e. The van der Waals surface area contributed by atoms with Crippen LogP contribution in [-0.2, 0) is 5.41 Å². The maximum absolute atomic E-state index is 3.97. The third-order valence-corrected chi connectivity index (χ3v) is 13.2. The number of nitrogens with one attached hydrogen (secondary N) is 1. The maximum atomic E-state index is 3.97. The minimum atomic E-state index is -0.467. The second-order valence-corrected chi connectivity index (χ2v) is 15.8. The van der Waals surface area contributed by atoms with Crippen LogP contribution < -0.4 is 5.32 Å². The predicted molar refractivity (Wildman–Crippen MR) is 228 cm³/mol. The minimum Gasteiger partial charge on any atom is -0.226 e. The topological polar surface area (TPSA) is 20.0 Å². The normalized spacial score (nSPS) is 15.7. The number of rotatable bonds is 5. The van der Waals surface area contributed by atoms with E-state index < -0.39 is 5.41 Å². The molecule has 0 radical (unpaired) electrons. The highest BCUT2D eigenvalue weighted by molar-refractivity contribution is 7.26. The van der Waals surface area contributed by atoms with Crippen LogP contribution in [0.25, 0.3) is 53.1 Å². The van der Waals surface area contributed by atoms with Gasteiger partial charge in [0.05, 0.1) is 26.7 Å². The Kier molecular flexibility index (Phi) is 6.48. The van der Waals surface area contributed by atoms with Crippen LogP contribution >= 0.6 is 11.3 Å². The quantitative estimate of drug-likeness (QED) is 0.176. The standard InChI is InChI=1S/C51H33N3S/c1-4-17-33(18-5-1)49-52-50(40-27-16-26-39-38-25-12-15-30-47(38)55-48(39)40)54(49)53-45-29-14-11-24-37(45)42-31-44-41(32-46(42)53)36-23-10-13-28-43(36)51(44,34-19-6-2-7-20-34)35-21-8-3-9-22-35/h1-32,49H/p+1. The summed E-state index contributed by atoms with van der Waals surface area (Å²) in [6.07, 6.45) is -0.0619. The molecule has 3 heterocycles. The molecule has 3 nitrogen and oxygen atoms in total. The van der Waals surface area contributed by atoms with Crippen molar-refractivity contribution in [3.63, 3.8) is 0 Å². The van der Waals surface area contributed by atoms with Gasteiger partial charge < -0.3 is 0 Å². The van der Waals surface area contributed by atoms with Gasteiger partial charge in [-0.2, -0.15) is 4.68 Å². The van der Waals surface area contributed by atoms with Crippen molar-refractivity contribution < 1.29 is 4.68 Å². The number of nitrogens with zero attached hydrogens (tertiary/aromatic N) is 2. The van der Waals surface area contributed by atoms with Gasteiger partial charge in [-0.1, -0.05) is 164 Å². The van der Waals surface area contributed by atoms with Crippen molar-refractivity contribution in [3.05, 3.63) is 228 Å². The van der Waals surface area contributed by atoms with Crippen LogP contribution in [0.2, 0.25) is 0 Å². The number of para-hydroxylation sites is 1. The van der Waals surface area contributed by atoms with E-state index in [4.69, 9.17) is 0 Å². The largest absolute Gasteiger partial charge is 0.310 e. The second kappa shape index (κ2) is 11.6. The Balaban J connectivity index is 1.20. The first-order valence-electron chi connectivity index (χ1n) is 19.0. The van der Waals surface area contributed by atoms with Crippen LogP contribution in [0.15, 0.2) is 194 Å².